The van der Waals surface area contributed by atoms with Crippen molar-refractivity contribution in [3.63, 3.8) is 0 Å². The van der Waals surface area contributed by atoms with E-state index in [2.05, 4.69) is 18.2 Å². The molecule has 0 aliphatic heterocycles. The summed E-state index contributed by atoms with van der Waals surface area (Å²) in [5, 5.41) is 9.84. The summed E-state index contributed by atoms with van der Waals surface area (Å²) in [5.41, 5.74) is 0. The zero-order chi connectivity index (χ0) is 9.97. The molecule has 2 aromatic rings. The number of hydrogen-bond donors (Lipinski definition) is 1. The minimum atomic E-state index is -0.711. The van der Waals surface area contributed by atoms with Gasteiger partial charge in [0.2, 0.25) is 0 Å². The first kappa shape index (κ1) is 9.50. The van der Waals surface area contributed by atoms with Gasteiger partial charge in [-0.3, -0.25) is 0 Å². The van der Waals surface area contributed by atoms with Crippen LogP contribution in [0.2, 0.25) is 0 Å². The number of aryl methyl sites for hydroxylation is 1. The van der Waals surface area contributed by atoms with Crippen LogP contribution in [0.3, 0.4) is 0 Å². The number of carboxylic acid groups (broad SMARTS) is 1. The Kier molecular flexibility index (Phi) is 2.71. The molecule has 1 heterocycles. The van der Waals surface area contributed by atoms with E-state index in [1.807, 2.05) is 12.1 Å². The van der Waals surface area contributed by atoms with Gasteiger partial charge in [-0.05, 0) is 0 Å². The predicted molar refractivity (Wildman–Crippen MR) is 56.8 cm³/mol. The molecule has 0 bridgehead atoms. The normalized spacial score (nSPS) is 10.6. The van der Waals surface area contributed by atoms with Crippen LogP contribution in [-0.4, -0.2) is 25.6 Å². The van der Waals surface area contributed by atoms with Gasteiger partial charge < -0.3 is 0 Å². The van der Waals surface area contributed by atoms with E-state index in [-0.39, 0.29) is 6.42 Å². The van der Waals surface area contributed by atoms with E-state index in [9.17, 15) is 4.79 Å². The Morgan fingerprint density at radius 3 is 2.86 bits per heavy atom. The molecular weight excluding hydrogens is 243 g/mol. The van der Waals surface area contributed by atoms with Crippen molar-refractivity contribution in [2.45, 2.75) is 12.8 Å². The molecule has 14 heavy (non-hydrogen) atoms. The van der Waals surface area contributed by atoms with Gasteiger partial charge >= 0.3 is 87.6 Å². The molecule has 0 unspecified atom stereocenters. The van der Waals surface area contributed by atoms with E-state index in [0.29, 0.717) is 20.9 Å². The number of benzene rings is 1. The monoisotopic (exact) mass is 254 g/mol. The molecule has 0 aliphatic carbocycles. The molecule has 72 valence electrons. The number of carbonyl (C=O) groups is 1. The van der Waals surface area contributed by atoms with Crippen LogP contribution in [0, 0.1) is 0 Å². The second-order valence-corrected chi connectivity index (χ2v) is 5.60. The van der Waals surface area contributed by atoms with Crippen molar-refractivity contribution in [1.29, 1.82) is 0 Å². The van der Waals surface area contributed by atoms with Crippen molar-refractivity contribution >= 4 is 30.1 Å². The van der Waals surface area contributed by atoms with E-state index < -0.39 is 5.97 Å². The number of hydrogen-bond acceptors (Lipinski definition) is 1. The standard InChI is InChI=1S/C11H10O2Se/c12-11(13)6-5-9-7-8-3-1-2-4-10(8)14-9/h1-4,7H,5-6H2,(H,12,13). The first-order valence-corrected chi connectivity index (χ1v) is 6.16. The van der Waals surface area contributed by atoms with E-state index in [1.165, 1.54) is 14.1 Å². The Morgan fingerprint density at radius 1 is 1.36 bits per heavy atom. The Hall–Kier alpha value is -1.05. The van der Waals surface area contributed by atoms with Crippen LogP contribution in [0.4, 0.5) is 0 Å². The van der Waals surface area contributed by atoms with Crippen LogP contribution < -0.4 is 0 Å². The van der Waals surface area contributed by atoms with Crippen molar-refractivity contribution < 1.29 is 9.90 Å². The van der Waals surface area contributed by atoms with Gasteiger partial charge in [0.1, 0.15) is 0 Å². The molecule has 0 saturated carbocycles. The average Bonchev–Trinajstić information content (AvgIpc) is 2.57. The number of carboxylic acids is 1. The third kappa shape index (κ3) is 2.06. The third-order valence-electron chi connectivity index (χ3n) is 2.06. The summed E-state index contributed by atoms with van der Waals surface area (Å²) >= 11 is 0.353. The molecule has 0 saturated heterocycles. The van der Waals surface area contributed by atoms with Gasteiger partial charge in [0, 0.05) is 0 Å². The fourth-order valence-corrected chi connectivity index (χ4v) is 3.62. The first-order chi connectivity index (χ1) is 6.75. The molecule has 0 spiro atoms. The maximum absolute atomic E-state index is 10.4. The van der Waals surface area contributed by atoms with Gasteiger partial charge in [0.25, 0.3) is 0 Å². The van der Waals surface area contributed by atoms with Gasteiger partial charge in [-0.2, -0.15) is 0 Å². The summed E-state index contributed by atoms with van der Waals surface area (Å²) in [6.45, 7) is 0. The van der Waals surface area contributed by atoms with E-state index in [0.717, 1.165) is 0 Å². The fourth-order valence-electron chi connectivity index (χ4n) is 1.39. The first-order valence-electron chi connectivity index (χ1n) is 4.45. The van der Waals surface area contributed by atoms with Gasteiger partial charge in [-0.25, -0.2) is 0 Å². The fraction of sp³-hybridized carbons (Fsp3) is 0.182. The van der Waals surface area contributed by atoms with Crippen LogP contribution in [0.25, 0.3) is 9.65 Å². The third-order valence-corrected chi connectivity index (χ3v) is 4.53. The number of aliphatic carboxylic acids is 1. The Morgan fingerprint density at radius 2 is 2.14 bits per heavy atom. The summed E-state index contributed by atoms with van der Waals surface area (Å²) < 4.78 is 2.67. The molecule has 1 aromatic heterocycles. The molecule has 1 aromatic carbocycles. The molecular formula is C11H10O2Se. The quantitative estimate of drug-likeness (QED) is 0.848. The predicted octanol–water partition coefficient (Wildman–Crippen LogP) is 1.91. The molecule has 3 heteroatoms. The summed E-state index contributed by atoms with van der Waals surface area (Å²) in [6, 6.07) is 10.4. The van der Waals surface area contributed by atoms with Crippen molar-refractivity contribution in [2.75, 3.05) is 0 Å². The van der Waals surface area contributed by atoms with Crippen LogP contribution >= 0.6 is 0 Å². The second-order valence-electron chi connectivity index (χ2n) is 3.14. The molecule has 0 aliphatic rings. The summed E-state index contributed by atoms with van der Waals surface area (Å²) in [4.78, 5) is 10.4. The minimum absolute atomic E-state index is 0.252. The van der Waals surface area contributed by atoms with Crippen molar-refractivity contribution in [2.24, 2.45) is 0 Å². The molecule has 2 nitrogen and oxygen atoms in total. The van der Waals surface area contributed by atoms with Gasteiger partial charge in [-0.15, -0.1) is 0 Å². The van der Waals surface area contributed by atoms with Crippen LogP contribution in [0.15, 0.2) is 30.3 Å². The van der Waals surface area contributed by atoms with Gasteiger partial charge in [0.15, 0.2) is 0 Å². The van der Waals surface area contributed by atoms with E-state index in [4.69, 9.17) is 5.11 Å². The average molecular weight is 253 g/mol. The molecule has 0 radical (unpaired) electrons. The molecule has 0 atom stereocenters. The van der Waals surface area contributed by atoms with Crippen molar-refractivity contribution in [1.82, 2.24) is 0 Å². The zero-order valence-corrected chi connectivity index (χ0v) is 9.28. The van der Waals surface area contributed by atoms with Gasteiger partial charge in [-0.1, -0.05) is 0 Å². The zero-order valence-electron chi connectivity index (χ0n) is 7.56. The van der Waals surface area contributed by atoms with Crippen molar-refractivity contribution in [3.8, 4) is 0 Å². The van der Waals surface area contributed by atoms with Gasteiger partial charge in [0.05, 0.1) is 0 Å². The second kappa shape index (κ2) is 3.99. The number of rotatable bonds is 3. The Labute approximate surface area is 87.9 Å². The van der Waals surface area contributed by atoms with Crippen LogP contribution in [0.1, 0.15) is 10.9 Å². The molecule has 2 rings (SSSR count). The summed E-state index contributed by atoms with van der Waals surface area (Å²) in [5.74, 6) is -0.711. The molecule has 0 fully saturated rings. The molecule has 1 N–H and O–H groups in total. The topological polar surface area (TPSA) is 37.3 Å². The Balaban J connectivity index is 2.22. The van der Waals surface area contributed by atoms with Crippen LogP contribution in [0.5, 0.6) is 0 Å². The van der Waals surface area contributed by atoms with E-state index >= 15 is 0 Å². The SMILES string of the molecule is O=C(O)CCc1cc2ccccc2[se]1. The van der Waals surface area contributed by atoms with Crippen LogP contribution in [-0.2, 0) is 11.2 Å². The Bertz CT molecular complexity index is 426. The van der Waals surface area contributed by atoms with E-state index in [1.54, 1.807) is 0 Å². The number of fused-ring (bicyclic) bond motifs is 1. The summed E-state index contributed by atoms with van der Waals surface area (Å²) in [6.07, 6.45) is 0.950. The molecule has 0 amide bonds. The van der Waals surface area contributed by atoms with Crippen molar-refractivity contribution in [3.05, 3.63) is 34.8 Å². The maximum atomic E-state index is 10.4. The summed E-state index contributed by atoms with van der Waals surface area (Å²) in [7, 11) is 0.